The van der Waals surface area contributed by atoms with Crippen LogP contribution in [0.1, 0.15) is 36.8 Å². The van der Waals surface area contributed by atoms with Crippen molar-refractivity contribution in [1.82, 2.24) is 4.98 Å². The van der Waals surface area contributed by atoms with Crippen molar-refractivity contribution < 1.29 is 14.6 Å². The van der Waals surface area contributed by atoms with Gasteiger partial charge in [-0.15, -0.1) is 0 Å². The summed E-state index contributed by atoms with van der Waals surface area (Å²) < 4.78 is 5.33. The van der Waals surface area contributed by atoms with Gasteiger partial charge in [0.15, 0.2) is 0 Å². The molecule has 0 saturated heterocycles. The number of benzene rings is 1. The lowest BCUT2D eigenvalue weighted by Crippen LogP contribution is -2.24. The highest BCUT2D eigenvalue weighted by molar-refractivity contribution is 5.98. The highest BCUT2D eigenvalue weighted by Gasteiger charge is 2.22. The zero-order valence-corrected chi connectivity index (χ0v) is 11.0. The summed E-state index contributed by atoms with van der Waals surface area (Å²) >= 11 is 0. The van der Waals surface area contributed by atoms with E-state index in [2.05, 4.69) is 4.98 Å². The van der Waals surface area contributed by atoms with Gasteiger partial charge in [-0.1, -0.05) is 0 Å². The van der Waals surface area contributed by atoms with Gasteiger partial charge in [0, 0.05) is 10.9 Å². The number of aromatic nitrogens is 1. The minimum Gasteiger partial charge on any atom is -0.508 e. The van der Waals surface area contributed by atoms with Gasteiger partial charge in [0.2, 0.25) is 0 Å². The van der Waals surface area contributed by atoms with Crippen molar-refractivity contribution in [3.05, 3.63) is 29.5 Å². The molecule has 1 heterocycles. The van der Waals surface area contributed by atoms with Gasteiger partial charge in [-0.05, 0) is 51.5 Å². The zero-order chi connectivity index (χ0) is 13.5. The van der Waals surface area contributed by atoms with E-state index in [9.17, 15) is 9.90 Å². The number of aromatic amines is 1. The molecule has 4 nitrogen and oxygen atoms in total. The van der Waals surface area contributed by atoms with Crippen LogP contribution >= 0.6 is 0 Å². The zero-order valence-electron chi connectivity index (χ0n) is 11.0. The first-order chi connectivity index (χ1) is 8.28. The van der Waals surface area contributed by atoms with E-state index in [1.54, 1.807) is 18.2 Å². The van der Waals surface area contributed by atoms with Crippen molar-refractivity contribution in [2.45, 2.75) is 33.3 Å². The summed E-state index contributed by atoms with van der Waals surface area (Å²) in [7, 11) is 0. The largest absolute Gasteiger partial charge is 0.508 e. The van der Waals surface area contributed by atoms with Gasteiger partial charge in [-0.2, -0.15) is 0 Å². The molecule has 0 fully saturated rings. The average Bonchev–Trinajstić information content (AvgIpc) is 2.54. The maximum atomic E-state index is 12.0. The molecule has 1 aromatic carbocycles. The molecule has 0 atom stereocenters. The van der Waals surface area contributed by atoms with E-state index in [-0.39, 0.29) is 11.7 Å². The normalized spacial score (nSPS) is 11.8. The topological polar surface area (TPSA) is 62.3 Å². The molecule has 0 amide bonds. The van der Waals surface area contributed by atoms with Gasteiger partial charge in [0.1, 0.15) is 17.0 Å². The Balaban J connectivity index is 2.46. The number of carbonyl (C=O) groups is 1. The van der Waals surface area contributed by atoms with Crippen molar-refractivity contribution in [2.75, 3.05) is 0 Å². The molecule has 0 aliphatic carbocycles. The predicted molar refractivity (Wildman–Crippen MR) is 69.9 cm³/mol. The smallest absolute Gasteiger partial charge is 0.355 e. The molecular formula is C14H17NO3. The van der Waals surface area contributed by atoms with Crippen LogP contribution in [-0.2, 0) is 4.74 Å². The molecule has 18 heavy (non-hydrogen) atoms. The van der Waals surface area contributed by atoms with E-state index in [0.29, 0.717) is 5.69 Å². The number of aryl methyl sites for hydroxylation is 1. The summed E-state index contributed by atoms with van der Waals surface area (Å²) in [5.74, 6) is -0.198. The van der Waals surface area contributed by atoms with E-state index >= 15 is 0 Å². The van der Waals surface area contributed by atoms with Gasteiger partial charge >= 0.3 is 5.97 Å². The number of H-pyrrole nitrogens is 1. The average molecular weight is 247 g/mol. The standard InChI is InChI=1S/C14H17NO3/c1-8-10-7-9(16)5-6-11(10)15-12(8)13(17)18-14(2,3)4/h5-7,15-16H,1-4H3. The number of phenols is 1. The van der Waals surface area contributed by atoms with Gasteiger partial charge in [0.25, 0.3) is 0 Å². The van der Waals surface area contributed by atoms with Crippen molar-refractivity contribution in [1.29, 1.82) is 0 Å². The van der Waals surface area contributed by atoms with Crippen LogP contribution in [0.15, 0.2) is 18.2 Å². The quantitative estimate of drug-likeness (QED) is 0.761. The first-order valence-corrected chi connectivity index (χ1v) is 5.82. The predicted octanol–water partition coefficient (Wildman–Crippen LogP) is 3.14. The highest BCUT2D eigenvalue weighted by atomic mass is 16.6. The van der Waals surface area contributed by atoms with Crippen LogP contribution in [-0.4, -0.2) is 21.7 Å². The van der Waals surface area contributed by atoms with E-state index in [0.717, 1.165) is 16.5 Å². The van der Waals surface area contributed by atoms with Gasteiger partial charge in [0.05, 0.1) is 0 Å². The number of phenolic OH excluding ortho intramolecular Hbond substituents is 1. The number of esters is 1. The molecule has 0 spiro atoms. The molecule has 0 aliphatic rings. The van der Waals surface area contributed by atoms with Crippen LogP contribution in [0, 0.1) is 6.92 Å². The Bertz CT molecular complexity index is 605. The Labute approximate surface area is 106 Å². The number of fused-ring (bicyclic) bond motifs is 1. The van der Waals surface area contributed by atoms with Crippen molar-refractivity contribution >= 4 is 16.9 Å². The number of ether oxygens (including phenoxy) is 1. The maximum absolute atomic E-state index is 12.0. The molecule has 0 radical (unpaired) electrons. The third kappa shape index (κ3) is 2.32. The first kappa shape index (κ1) is 12.5. The summed E-state index contributed by atoms with van der Waals surface area (Å²) in [5, 5.41) is 10.3. The molecule has 96 valence electrons. The Morgan fingerprint density at radius 1 is 1.33 bits per heavy atom. The lowest BCUT2D eigenvalue weighted by Gasteiger charge is -2.19. The monoisotopic (exact) mass is 247 g/mol. The maximum Gasteiger partial charge on any atom is 0.355 e. The van der Waals surface area contributed by atoms with Gasteiger partial charge in [-0.3, -0.25) is 0 Å². The number of hydrogen-bond acceptors (Lipinski definition) is 3. The Kier molecular flexibility index (Phi) is 2.81. The van der Waals surface area contributed by atoms with Crippen molar-refractivity contribution in [3.63, 3.8) is 0 Å². The summed E-state index contributed by atoms with van der Waals surface area (Å²) in [4.78, 5) is 15.0. The summed E-state index contributed by atoms with van der Waals surface area (Å²) in [6, 6.07) is 4.96. The summed E-state index contributed by atoms with van der Waals surface area (Å²) in [5.41, 5.74) is 1.51. The lowest BCUT2D eigenvalue weighted by molar-refractivity contribution is 0.00631. The molecule has 2 rings (SSSR count). The minimum absolute atomic E-state index is 0.181. The van der Waals surface area contributed by atoms with Crippen molar-refractivity contribution in [3.8, 4) is 5.75 Å². The SMILES string of the molecule is Cc1c(C(=O)OC(C)(C)C)[nH]c2ccc(O)cc12. The molecule has 2 aromatic rings. The second-order valence-corrected chi connectivity index (χ2v) is 5.36. The van der Waals surface area contributed by atoms with E-state index in [4.69, 9.17) is 4.74 Å². The number of nitrogens with one attached hydrogen (secondary N) is 1. The number of aromatic hydroxyl groups is 1. The van der Waals surface area contributed by atoms with Gasteiger partial charge in [-0.25, -0.2) is 4.79 Å². The van der Waals surface area contributed by atoms with E-state index < -0.39 is 5.60 Å². The number of hydrogen-bond donors (Lipinski definition) is 2. The Morgan fingerprint density at radius 3 is 2.61 bits per heavy atom. The van der Waals surface area contributed by atoms with Crippen LogP contribution in [0.3, 0.4) is 0 Å². The molecular weight excluding hydrogens is 230 g/mol. The number of rotatable bonds is 1. The lowest BCUT2D eigenvalue weighted by atomic mass is 10.1. The molecule has 1 aromatic heterocycles. The summed E-state index contributed by atoms with van der Waals surface area (Å²) in [6.45, 7) is 7.32. The Morgan fingerprint density at radius 2 is 2.00 bits per heavy atom. The van der Waals surface area contributed by atoms with Crippen LogP contribution in [0.2, 0.25) is 0 Å². The molecule has 2 N–H and O–H groups in total. The van der Waals surface area contributed by atoms with Crippen LogP contribution in [0.25, 0.3) is 10.9 Å². The summed E-state index contributed by atoms with van der Waals surface area (Å²) in [6.07, 6.45) is 0. The highest BCUT2D eigenvalue weighted by Crippen LogP contribution is 2.26. The molecule has 0 unspecified atom stereocenters. The van der Waals surface area contributed by atoms with E-state index in [1.165, 1.54) is 0 Å². The fourth-order valence-electron chi connectivity index (χ4n) is 1.85. The third-order valence-electron chi connectivity index (χ3n) is 2.64. The fourth-order valence-corrected chi connectivity index (χ4v) is 1.85. The minimum atomic E-state index is -0.525. The molecule has 0 bridgehead atoms. The Hall–Kier alpha value is -1.97. The first-order valence-electron chi connectivity index (χ1n) is 5.82. The van der Waals surface area contributed by atoms with Crippen LogP contribution in [0.4, 0.5) is 0 Å². The molecule has 0 saturated carbocycles. The van der Waals surface area contributed by atoms with Gasteiger partial charge < -0.3 is 14.8 Å². The number of carbonyl (C=O) groups excluding carboxylic acids is 1. The van der Waals surface area contributed by atoms with Crippen LogP contribution < -0.4 is 0 Å². The van der Waals surface area contributed by atoms with Crippen molar-refractivity contribution in [2.24, 2.45) is 0 Å². The fraction of sp³-hybridized carbons (Fsp3) is 0.357. The molecule has 4 heteroatoms. The van der Waals surface area contributed by atoms with E-state index in [1.807, 2.05) is 27.7 Å². The second-order valence-electron chi connectivity index (χ2n) is 5.36. The molecule has 0 aliphatic heterocycles. The third-order valence-corrected chi connectivity index (χ3v) is 2.64. The second kappa shape index (κ2) is 4.05. The van der Waals surface area contributed by atoms with Crippen LogP contribution in [0.5, 0.6) is 5.75 Å².